The van der Waals surface area contributed by atoms with Crippen molar-refractivity contribution in [1.82, 2.24) is 10.2 Å². The van der Waals surface area contributed by atoms with E-state index in [-0.39, 0.29) is 0 Å². The van der Waals surface area contributed by atoms with E-state index >= 15 is 0 Å². The summed E-state index contributed by atoms with van der Waals surface area (Å²) in [5.41, 5.74) is 0. The Morgan fingerprint density at radius 1 is 1.38 bits per heavy atom. The molecule has 0 aromatic heterocycles. The number of nitrogens with zero attached hydrogens (tertiary/aromatic N) is 1. The molecule has 21 heavy (non-hydrogen) atoms. The molecule has 0 aliphatic carbocycles. The minimum atomic E-state index is 0.568. The summed E-state index contributed by atoms with van der Waals surface area (Å²) in [4.78, 5) is 2.59. The fourth-order valence-corrected chi connectivity index (χ4v) is 3.17. The smallest absolute Gasteiger partial charge is 0.119 e. The van der Waals surface area contributed by atoms with Crippen molar-refractivity contribution in [3.05, 3.63) is 28.7 Å². The van der Waals surface area contributed by atoms with E-state index in [1.165, 1.54) is 6.42 Å². The molecule has 1 heterocycles. The Morgan fingerprint density at radius 3 is 2.76 bits per heavy atom. The number of benzene rings is 1. The van der Waals surface area contributed by atoms with Gasteiger partial charge in [-0.15, -0.1) is 0 Å². The van der Waals surface area contributed by atoms with E-state index in [2.05, 4.69) is 46.9 Å². The fourth-order valence-electron chi connectivity index (χ4n) is 2.90. The van der Waals surface area contributed by atoms with E-state index in [4.69, 9.17) is 4.74 Å². The lowest BCUT2D eigenvalue weighted by molar-refractivity contribution is 0.0803. The topological polar surface area (TPSA) is 24.5 Å². The van der Waals surface area contributed by atoms with Gasteiger partial charge in [-0.1, -0.05) is 36.2 Å². The van der Waals surface area contributed by atoms with Crippen molar-refractivity contribution < 1.29 is 4.74 Å². The number of hydrogen-bond donors (Lipinski definition) is 1. The van der Waals surface area contributed by atoms with E-state index in [9.17, 15) is 0 Å². The van der Waals surface area contributed by atoms with E-state index in [0.29, 0.717) is 12.1 Å². The molecular weight excluding hydrogens is 328 g/mol. The van der Waals surface area contributed by atoms with Gasteiger partial charge in [-0.05, 0) is 37.1 Å². The molecule has 2 rings (SSSR count). The first-order chi connectivity index (χ1) is 10.1. The van der Waals surface area contributed by atoms with Gasteiger partial charge in [0.05, 0.1) is 0 Å². The number of halogens is 1. The molecule has 1 saturated heterocycles. The lowest BCUT2D eigenvalue weighted by Crippen LogP contribution is -2.58. The second-order valence-corrected chi connectivity index (χ2v) is 6.98. The normalized spacial score (nSPS) is 24.8. The van der Waals surface area contributed by atoms with Crippen molar-refractivity contribution in [1.29, 1.82) is 0 Å². The van der Waals surface area contributed by atoms with Crippen LogP contribution in [0.15, 0.2) is 28.7 Å². The molecule has 1 aromatic rings. The lowest BCUT2D eigenvalue weighted by atomic mass is 9.95. The third-order valence-corrected chi connectivity index (χ3v) is 4.94. The lowest BCUT2D eigenvalue weighted by Gasteiger charge is -2.42. The highest BCUT2D eigenvalue weighted by Gasteiger charge is 2.28. The van der Waals surface area contributed by atoms with Gasteiger partial charge in [-0.3, -0.25) is 4.90 Å². The highest BCUT2D eigenvalue weighted by molar-refractivity contribution is 9.10. The number of nitrogens with one attached hydrogen (secondary N) is 1. The highest BCUT2D eigenvalue weighted by atomic mass is 79.9. The first-order valence-electron chi connectivity index (χ1n) is 7.96. The maximum Gasteiger partial charge on any atom is 0.119 e. The highest BCUT2D eigenvalue weighted by Crippen LogP contribution is 2.19. The molecule has 3 unspecified atom stereocenters. The van der Waals surface area contributed by atoms with Gasteiger partial charge in [-0.2, -0.15) is 0 Å². The van der Waals surface area contributed by atoms with Crippen molar-refractivity contribution in [3.63, 3.8) is 0 Å². The molecule has 0 radical (unpaired) electrons. The minimum absolute atomic E-state index is 0.568. The van der Waals surface area contributed by atoms with E-state index in [1.54, 1.807) is 0 Å². The van der Waals surface area contributed by atoms with Crippen LogP contribution < -0.4 is 10.1 Å². The van der Waals surface area contributed by atoms with Gasteiger partial charge >= 0.3 is 0 Å². The van der Waals surface area contributed by atoms with Gasteiger partial charge in [0.25, 0.3) is 0 Å². The summed E-state index contributed by atoms with van der Waals surface area (Å²) in [5.74, 6) is 1.67. The second-order valence-electron chi connectivity index (χ2n) is 6.06. The van der Waals surface area contributed by atoms with Gasteiger partial charge in [0, 0.05) is 36.2 Å². The standard InChI is InChI=1S/C17H27BrN2O/c1-4-13(2)17-11-19-14(3)12-20(17)9-10-21-16-7-5-15(18)6-8-16/h5-8,13-14,17,19H,4,9-12H2,1-3H3. The SMILES string of the molecule is CCC(C)C1CNC(C)CN1CCOc1ccc(Br)cc1. The Morgan fingerprint density at radius 2 is 2.10 bits per heavy atom. The summed E-state index contributed by atoms with van der Waals surface area (Å²) in [5, 5.41) is 3.60. The van der Waals surface area contributed by atoms with E-state index < -0.39 is 0 Å². The molecule has 0 bridgehead atoms. The van der Waals surface area contributed by atoms with Crippen molar-refractivity contribution in [2.75, 3.05) is 26.2 Å². The summed E-state index contributed by atoms with van der Waals surface area (Å²) in [6.07, 6.45) is 1.23. The maximum absolute atomic E-state index is 5.88. The molecule has 3 nitrogen and oxygen atoms in total. The van der Waals surface area contributed by atoms with Crippen LogP contribution in [0.5, 0.6) is 5.75 Å². The summed E-state index contributed by atoms with van der Waals surface area (Å²) < 4.78 is 6.96. The first kappa shape index (κ1) is 16.8. The summed E-state index contributed by atoms with van der Waals surface area (Å²) in [6, 6.07) is 9.25. The van der Waals surface area contributed by atoms with Gasteiger partial charge in [0.15, 0.2) is 0 Å². The van der Waals surface area contributed by atoms with Crippen molar-refractivity contribution in [2.24, 2.45) is 5.92 Å². The molecule has 1 aliphatic rings. The molecular formula is C17H27BrN2O. The van der Waals surface area contributed by atoms with Crippen LogP contribution in [0, 0.1) is 5.92 Å². The molecule has 0 spiro atoms. The Balaban J connectivity index is 1.85. The first-order valence-corrected chi connectivity index (χ1v) is 8.75. The quantitative estimate of drug-likeness (QED) is 0.845. The zero-order valence-electron chi connectivity index (χ0n) is 13.3. The Bertz CT molecular complexity index is 423. The molecule has 0 saturated carbocycles. The van der Waals surface area contributed by atoms with Gasteiger partial charge < -0.3 is 10.1 Å². The Labute approximate surface area is 137 Å². The van der Waals surface area contributed by atoms with Crippen LogP contribution in [0.4, 0.5) is 0 Å². The molecule has 1 fully saturated rings. The predicted octanol–water partition coefficient (Wildman–Crippen LogP) is 3.54. The zero-order chi connectivity index (χ0) is 15.2. The second kappa shape index (κ2) is 8.16. The van der Waals surface area contributed by atoms with Gasteiger partial charge in [-0.25, -0.2) is 0 Å². The summed E-state index contributed by atoms with van der Waals surface area (Å²) in [7, 11) is 0. The monoisotopic (exact) mass is 354 g/mol. The van der Waals surface area contributed by atoms with Crippen molar-refractivity contribution >= 4 is 15.9 Å². The van der Waals surface area contributed by atoms with Crippen LogP contribution in [-0.4, -0.2) is 43.2 Å². The molecule has 1 aromatic carbocycles. The molecule has 1 N–H and O–H groups in total. The fraction of sp³-hybridized carbons (Fsp3) is 0.647. The Kier molecular flexibility index (Phi) is 6.52. The summed E-state index contributed by atoms with van der Waals surface area (Å²) >= 11 is 3.44. The average molecular weight is 355 g/mol. The van der Waals surface area contributed by atoms with E-state index in [1.807, 2.05) is 24.3 Å². The van der Waals surface area contributed by atoms with Gasteiger partial charge in [0.2, 0.25) is 0 Å². The zero-order valence-corrected chi connectivity index (χ0v) is 14.9. The van der Waals surface area contributed by atoms with Crippen LogP contribution in [0.1, 0.15) is 27.2 Å². The summed E-state index contributed by atoms with van der Waals surface area (Å²) in [6.45, 7) is 10.8. The number of piperazine rings is 1. The van der Waals surface area contributed by atoms with Crippen LogP contribution in [0.3, 0.4) is 0 Å². The van der Waals surface area contributed by atoms with Crippen LogP contribution in [-0.2, 0) is 0 Å². The number of rotatable bonds is 6. The number of hydrogen-bond acceptors (Lipinski definition) is 3. The average Bonchev–Trinajstić information content (AvgIpc) is 2.49. The van der Waals surface area contributed by atoms with Crippen LogP contribution in [0.25, 0.3) is 0 Å². The largest absolute Gasteiger partial charge is 0.492 e. The number of ether oxygens (including phenoxy) is 1. The Hall–Kier alpha value is -0.580. The minimum Gasteiger partial charge on any atom is -0.492 e. The molecule has 3 atom stereocenters. The maximum atomic E-state index is 5.88. The molecule has 0 amide bonds. The molecule has 4 heteroatoms. The molecule has 118 valence electrons. The van der Waals surface area contributed by atoms with Crippen molar-refractivity contribution in [3.8, 4) is 5.75 Å². The van der Waals surface area contributed by atoms with Crippen LogP contribution >= 0.6 is 15.9 Å². The third-order valence-electron chi connectivity index (χ3n) is 4.41. The predicted molar refractivity (Wildman–Crippen MR) is 91.9 cm³/mol. The molecule has 1 aliphatic heterocycles. The van der Waals surface area contributed by atoms with Crippen molar-refractivity contribution in [2.45, 2.75) is 39.3 Å². The van der Waals surface area contributed by atoms with E-state index in [0.717, 1.165) is 42.4 Å². The van der Waals surface area contributed by atoms with Gasteiger partial charge in [0.1, 0.15) is 12.4 Å². The van der Waals surface area contributed by atoms with Crippen LogP contribution in [0.2, 0.25) is 0 Å². The third kappa shape index (κ3) is 4.97.